The van der Waals surface area contributed by atoms with Crippen LogP contribution in [0.2, 0.25) is 0 Å². The first-order chi connectivity index (χ1) is 8.50. The fourth-order valence-corrected chi connectivity index (χ4v) is 2.00. The molecule has 1 aliphatic heterocycles. The highest BCUT2D eigenvalue weighted by Crippen LogP contribution is 2.28. The van der Waals surface area contributed by atoms with Crippen LogP contribution in [0.1, 0.15) is 34.7 Å². The molecule has 6 heteroatoms. The Bertz CT molecular complexity index is 542. The second-order valence-corrected chi connectivity index (χ2v) is 4.08. The van der Waals surface area contributed by atoms with E-state index in [1.807, 2.05) is 0 Å². The Balaban J connectivity index is 2.39. The smallest absolute Gasteiger partial charge is 0.251 e. The van der Waals surface area contributed by atoms with Crippen molar-refractivity contribution in [1.29, 1.82) is 0 Å². The maximum absolute atomic E-state index is 14.0. The van der Waals surface area contributed by atoms with Gasteiger partial charge in [-0.25, -0.2) is 4.39 Å². The molecule has 3 N–H and O–H groups in total. The molecule has 0 bridgehead atoms. The van der Waals surface area contributed by atoms with Gasteiger partial charge in [-0.05, 0) is 12.5 Å². The van der Waals surface area contributed by atoms with Gasteiger partial charge in [-0.15, -0.1) is 0 Å². The molecule has 2 rings (SSSR count). The largest absolute Gasteiger partial charge is 0.366 e. The Morgan fingerprint density at radius 2 is 2.11 bits per heavy atom. The minimum Gasteiger partial charge on any atom is -0.366 e. The fraction of sp³-hybridized carbons (Fsp3) is 0.250. The summed E-state index contributed by atoms with van der Waals surface area (Å²) in [6.45, 7) is 0. The van der Waals surface area contributed by atoms with E-state index in [-0.39, 0.29) is 29.9 Å². The third-order valence-corrected chi connectivity index (χ3v) is 2.91. The Morgan fingerprint density at radius 1 is 1.39 bits per heavy atom. The third-order valence-electron chi connectivity index (χ3n) is 2.91. The predicted octanol–water partition coefficient (Wildman–Crippen LogP) is 0.445. The molecule has 1 aromatic carbocycles. The molecule has 0 spiro atoms. The van der Waals surface area contributed by atoms with Gasteiger partial charge in [-0.1, -0.05) is 12.1 Å². The van der Waals surface area contributed by atoms with Crippen molar-refractivity contribution in [3.05, 3.63) is 35.1 Å². The van der Waals surface area contributed by atoms with Crippen molar-refractivity contribution < 1.29 is 18.8 Å². The summed E-state index contributed by atoms with van der Waals surface area (Å²) in [6.07, 6.45) is 0.375. The number of piperidine rings is 1. The molecule has 1 aromatic rings. The van der Waals surface area contributed by atoms with Crippen molar-refractivity contribution >= 4 is 17.7 Å². The lowest BCUT2D eigenvalue weighted by Gasteiger charge is -2.21. The predicted molar refractivity (Wildman–Crippen MR) is 60.0 cm³/mol. The molecule has 0 aromatic heterocycles. The Kier molecular flexibility index (Phi) is 3.10. The fourth-order valence-electron chi connectivity index (χ4n) is 2.00. The van der Waals surface area contributed by atoms with Crippen molar-refractivity contribution in [1.82, 2.24) is 5.32 Å². The summed E-state index contributed by atoms with van der Waals surface area (Å²) in [7, 11) is 0. The van der Waals surface area contributed by atoms with Crippen LogP contribution >= 0.6 is 0 Å². The molecule has 18 heavy (non-hydrogen) atoms. The lowest BCUT2D eigenvalue weighted by Crippen LogP contribution is -2.39. The highest BCUT2D eigenvalue weighted by molar-refractivity contribution is 6.01. The standard InChI is InChI=1S/C12H11FN2O3/c13-10-6(2-1-3-8(10)11(14)17)7-4-5-9(16)15-12(7)18/h1-3,7H,4-5H2,(H2,14,17)(H,15,16,18). The van der Waals surface area contributed by atoms with Crippen LogP contribution in [-0.2, 0) is 9.59 Å². The first-order valence-corrected chi connectivity index (χ1v) is 5.42. The van der Waals surface area contributed by atoms with Gasteiger partial charge in [-0.3, -0.25) is 19.7 Å². The van der Waals surface area contributed by atoms with E-state index in [1.54, 1.807) is 0 Å². The normalized spacial score (nSPS) is 19.5. The van der Waals surface area contributed by atoms with Gasteiger partial charge in [0, 0.05) is 12.0 Å². The maximum atomic E-state index is 14.0. The number of hydrogen-bond acceptors (Lipinski definition) is 3. The highest BCUT2D eigenvalue weighted by Gasteiger charge is 2.30. The zero-order valence-corrected chi connectivity index (χ0v) is 9.40. The third kappa shape index (κ3) is 2.09. The summed E-state index contributed by atoms with van der Waals surface area (Å²) in [6, 6.07) is 4.14. The van der Waals surface area contributed by atoms with Gasteiger partial charge in [0.15, 0.2) is 0 Å². The van der Waals surface area contributed by atoms with Gasteiger partial charge in [0.2, 0.25) is 11.8 Å². The summed E-state index contributed by atoms with van der Waals surface area (Å²) < 4.78 is 14.0. The number of nitrogens with two attached hydrogens (primary N) is 1. The lowest BCUT2D eigenvalue weighted by atomic mass is 9.89. The van der Waals surface area contributed by atoms with Gasteiger partial charge in [0.05, 0.1) is 11.5 Å². The Hall–Kier alpha value is -2.24. The van der Waals surface area contributed by atoms with E-state index in [0.29, 0.717) is 0 Å². The van der Waals surface area contributed by atoms with Gasteiger partial charge in [0.25, 0.3) is 5.91 Å². The van der Waals surface area contributed by atoms with Crippen molar-refractivity contribution in [2.24, 2.45) is 5.73 Å². The zero-order valence-electron chi connectivity index (χ0n) is 9.40. The average Bonchev–Trinajstić information content (AvgIpc) is 2.30. The first kappa shape index (κ1) is 12.2. The van der Waals surface area contributed by atoms with Crippen molar-refractivity contribution in [3.8, 4) is 0 Å². The SMILES string of the molecule is NC(=O)c1cccc(C2CCC(=O)NC2=O)c1F. The second-order valence-electron chi connectivity index (χ2n) is 4.08. The Labute approximate surface area is 102 Å². The summed E-state index contributed by atoms with van der Waals surface area (Å²) in [5.41, 5.74) is 4.88. The minimum absolute atomic E-state index is 0.0938. The minimum atomic E-state index is -0.887. The summed E-state index contributed by atoms with van der Waals surface area (Å²) in [4.78, 5) is 33.7. The average molecular weight is 250 g/mol. The molecule has 1 fully saturated rings. The van der Waals surface area contributed by atoms with E-state index >= 15 is 0 Å². The second kappa shape index (κ2) is 4.56. The molecular formula is C12H11FN2O3. The van der Waals surface area contributed by atoms with Crippen LogP contribution < -0.4 is 11.1 Å². The van der Waals surface area contributed by atoms with Crippen LogP contribution in [0.25, 0.3) is 0 Å². The van der Waals surface area contributed by atoms with E-state index in [9.17, 15) is 18.8 Å². The van der Waals surface area contributed by atoms with E-state index < -0.39 is 23.5 Å². The molecule has 0 radical (unpaired) electrons. The van der Waals surface area contributed by atoms with E-state index in [2.05, 4.69) is 5.32 Å². The number of imide groups is 1. The number of hydrogen-bond donors (Lipinski definition) is 2. The number of benzene rings is 1. The van der Waals surface area contributed by atoms with Crippen LogP contribution in [0.4, 0.5) is 4.39 Å². The Morgan fingerprint density at radius 3 is 2.72 bits per heavy atom. The van der Waals surface area contributed by atoms with Crippen LogP contribution in [-0.4, -0.2) is 17.7 Å². The number of nitrogens with one attached hydrogen (secondary N) is 1. The molecule has 1 saturated heterocycles. The number of primary amides is 1. The van der Waals surface area contributed by atoms with Crippen molar-refractivity contribution in [2.45, 2.75) is 18.8 Å². The molecule has 5 nitrogen and oxygen atoms in total. The van der Waals surface area contributed by atoms with Crippen molar-refractivity contribution in [2.75, 3.05) is 0 Å². The number of carbonyl (C=O) groups is 3. The van der Waals surface area contributed by atoms with Crippen LogP contribution in [0.3, 0.4) is 0 Å². The van der Waals surface area contributed by atoms with E-state index in [1.165, 1.54) is 18.2 Å². The summed E-state index contributed by atoms with van der Waals surface area (Å²) >= 11 is 0. The number of rotatable bonds is 2. The van der Waals surface area contributed by atoms with Gasteiger partial charge in [0.1, 0.15) is 5.82 Å². The quantitative estimate of drug-likeness (QED) is 0.746. The van der Waals surface area contributed by atoms with E-state index in [0.717, 1.165) is 0 Å². The zero-order chi connectivity index (χ0) is 13.3. The molecule has 0 aliphatic carbocycles. The molecule has 94 valence electrons. The van der Waals surface area contributed by atoms with Gasteiger partial charge < -0.3 is 5.73 Å². The molecule has 3 amide bonds. The molecule has 1 aliphatic rings. The molecule has 0 saturated carbocycles. The summed E-state index contributed by atoms with van der Waals surface area (Å²) in [5, 5.41) is 2.14. The molecule has 1 atom stereocenters. The lowest BCUT2D eigenvalue weighted by molar-refractivity contribution is -0.134. The maximum Gasteiger partial charge on any atom is 0.251 e. The first-order valence-electron chi connectivity index (χ1n) is 5.42. The summed E-state index contributed by atoms with van der Waals surface area (Å²) in [5.74, 6) is -3.36. The van der Waals surface area contributed by atoms with Crippen LogP contribution in [0.5, 0.6) is 0 Å². The molecular weight excluding hydrogens is 239 g/mol. The topological polar surface area (TPSA) is 89.3 Å². The van der Waals surface area contributed by atoms with Crippen molar-refractivity contribution in [3.63, 3.8) is 0 Å². The number of carbonyl (C=O) groups excluding carboxylic acids is 3. The number of halogens is 1. The van der Waals surface area contributed by atoms with Crippen LogP contribution in [0, 0.1) is 5.82 Å². The molecule has 1 heterocycles. The number of amides is 3. The monoisotopic (exact) mass is 250 g/mol. The van der Waals surface area contributed by atoms with Gasteiger partial charge >= 0.3 is 0 Å². The van der Waals surface area contributed by atoms with Gasteiger partial charge in [-0.2, -0.15) is 0 Å². The van der Waals surface area contributed by atoms with Crippen LogP contribution in [0.15, 0.2) is 18.2 Å². The molecule has 1 unspecified atom stereocenters. The van der Waals surface area contributed by atoms with E-state index in [4.69, 9.17) is 5.73 Å². The highest BCUT2D eigenvalue weighted by atomic mass is 19.1.